The molecule has 0 fully saturated rings. The standard InChI is InChI=1S/C8H10N6OS/c1-2-3-5-6(16-14-12-5)7(15)11-8-9-4-10-13-8/h4H,2-3H2,1H3,(H2,9,10,11,13,15). The summed E-state index contributed by atoms with van der Waals surface area (Å²) in [4.78, 5) is 16.1. The van der Waals surface area contributed by atoms with Gasteiger partial charge < -0.3 is 0 Å². The summed E-state index contributed by atoms with van der Waals surface area (Å²) in [7, 11) is 0. The first-order valence-electron chi connectivity index (χ1n) is 4.79. The van der Waals surface area contributed by atoms with Crippen LogP contribution in [0.5, 0.6) is 0 Å². The highest BCUT2D eigenvalue weighted by Crippen LogP contribution is 2.13. The molecule has 0 aromatic carbocycles. The fraction of sp³-hybridized carbons (Fsp3) is 0.375. The van der Waals surface area contributed by atoms with Gasteiger partial charge in [0, 0.05) is 0 Å². The summed E-state index contributed by atoms with van der Waals surface area (Å²) in [5.41, 5.74) is 0.726. The zero-order valence-electron chi connectivity index (χ0n) is 8.60. The summed E-state index contributed by atoms with van der Waals surface area (Å²) in [5.74, 6) is 0.0658. The number of hydrogen-bond donors (Lipinski definition) is 2. The normalized spacial score (nSPS) is 10.3. The molecule has 0 bridgehead atoms. The maximum absolute atomic E-state index is 11.8. The van der Waals surface area contributed by atoms with Gasteiger partial charge in [-0.2, -0.15) is 10.1 Å². The molecular weight excluding hydrogens is 228 g/mol. The van der Waals surface area contributed by atoms with E-state index in [2.05, 4.69) is 30.1 Å². The van der Waals surface area contributed by atoms with Gasteiger partial charge in [0.2, 0.25) is 5.95 Å². The molecule has 2 aromatic heterocycles. The molecule has 84 valence electrons. The number of aryl methyl sites for hydroxylation is 1. The average molecular weight is 238 g/mol. The van der Waals surface area contributed by atoms with Gasteiger partial charge >= 0.3 is 0 Å². The molecule has 16 heavy (non-hydrogen) atoms. The molecule has 0 saturated carbocycles. The molecule has 0 aliphatic rings. The number of nitrogens with zero attached hydrogens (tertiary/aromatic N) is 4. The van der Waals surface area contributed by atoms with Crippen LogP contribution in [0.2, 0.25) is 0 Å². The minimum Gasteiger partial charge on any atom is -0.290 e. The highest BCUT2D eigenvalue weighted by atomic mass is 32.1. The Bertz CT molecular complexity index is 465. The second-order valence-electron chi connectivity index (χ2n) is 3.09. The molecule has 0 atom stereocenters. The summed E-state index contributed by atoms with van der Waals surface area (Å²) in [6, 6.07) is 0. The van der Waals surface area contributed by atoms with E-state index in [-0.39, 0.29) is 5.91 Å². The van der Waals surface area contributed by atoms with Crippen molar-refractivity contribution in [3.8, 4) is 0 Å². The van der Waals surface area contributed by atoms with E-state index in [4.69, 9.17) is 0 Å². The lowest BCUT2D eigenvalue weighted by Crippen LogP contribution is -2.13. The third-order valence-electron chi connectivity index (χ3n) is 1.90. The predicted molar refractivity (Wildman–Crippen MR) is 58.2 cm³/mol. The molecule has 2 heterocycles. The van der Waals surface area contributed by atoms with E-state index < -0.39 is 0 Å². The molecule has 8 heteroatoms. The summed E-state index contributed by atoms with van der Waals surface area (Å²) in [6.07, 6.45) is 3.00. The number of aromatic amines is 1. The molecule has 0 spiro atoms. The van der Waals surface area contributed by atoms with Gasteiger partial charge in [-0.3, -0.25) is 10.1 Å². The topological polar surface area (TPSA) is 96.5 Å². The number of hydrogen-bond acceptors (Lipinski definition) is 6. The first kappa shape index (κ1) is 10.7. The first-order chi connectivity index (χ1) is 7.81. The minimum atomic E-state index is -0.254. The summed E-state index contributed by atoms with van der Waals surface area (Å²) >= 11 is 1.08. The molecule has 2 aromatic rings. The van der Waals surface area contributed by atoms with Crippen LogP contribution in [0.3, 0.4) is 0 Å². The number of anilines is 1. The number of rotatable bonds is 4. The highest BCUT2D eigenvalue weighted by molar-refractivity contribution is 7.08. The SMILES string of the molecule is CCCc1nnsc1C(=O)Nc1ncn[nH]1. The maximum atomic E-state index is 11.8. The third-order valence-corrected chi connectivity index (χ3v) is 2.66. The lowest BCUT2D eigenvalue weighted by Gasteiger charge is -1.99. The smallest absolute Gasteiger partial charge is 0.271 e. The van der Waals surface area contributed by atoms with Crippen molar-refractivity contribution in [2.45, 2.75) is 19.8 Å². The lowest BCUT2D eigenvalue weighted by atomic mass is 10.2. The van der Waals surface area contributed by atoms with Gasteiger partial charge in [-0.1, -0.05) is 17.8 Å². The van der Waals surface area contributed by atoms with E-state index in [1.54, 1.807) is 0 Å². The minimum absolute atomic E-state index is 0.254. The Balaban J connectivity index is 2.11. The van der Waals surface area contributed by atoms with Crippen molar-refractivity contribution in [2.75, 3.05) is 5.32 Å². The average Bonchev–Trinajstić information content (AvgIpc) is 2.89. The Kier molecular flexibility index (Phi) is 3.20. The van der Waals surface area contributed by atoms with Crippen LogP contribution in [0.1, 0.15) is 28.7 Å². The zero-order chi connectivity index (χ0) is 11.4. The Labute approximate surface area is 95.5 Å². The summed E-state index contributed by atoms with van der Waals surface area (Å²) in [5, 5.41) is 12.7. The van der Waals surface area contributed by atoms with Gasteiger partial charge in [0.1, 0.15) is 11.2 Å². The fourth-order valence-corrected chi connectivity index (χ4v) is 1.81. The highest BCUT2D eigenvalue weighted by Gasteiger charge is 2.16. The van der Waals surface area contributed by atoms with Gasteiger partial charge in [-0.05, 0) is 18.0 Å². The van der Waals surface area contributed by atoms with Gasteiger partial charge in [0.05, 0.1) is 5.69 Å². The van der Waals surface area contributed by atoms with Crippen molar-refractivity contribution >= 4 is 23.4 Å². The molecule has 2 rings (SSSR count). The van der Waals surface area contributed by atoms with Crippen molar-refractivity contribution in [2.24, 2.45) is 0 Å². The van der Waals surface area contributed by atoms with Crippen LogP contribution in [0.15, 0.2) is 6.33 Å². The third kappa shape index (κ3) is 2.22. The number of carbonyl (C=O) groups excluding carboxylic acids is 1. The van der Waals surface area contributed by atoms with Crippen molar-refractivity contribution in [3.63, 3.8) is 0 Å². The maximum Gasteiger partial charge on any atom is 0.271 e. The summed E-state index contributed by atoms with van der Waals surface area (Å²) in [6.45, 7) is 2.03. The number of nitrogens with one attached hydrogen (secondary N) is 2. The fourth-order valence-electron chi connectivity index (χ4n) is 1.21. The molecule has 0 aliphatic carbocycles. The van der Waals surface area contributed by atoms with E-state index in [1.807, 2.05) is 6.92 Å². The number of carbonyl (C=O) groups is 1. The van der Waals surface area contributed by atoms with Crippen LogP contribution in [-0.2, 0) is 6.42 Å². The van der Waals surface area contributed by atoms with Crippen LogP contribution >= 0.6 is 11.5 Å². The molecule has 0 aliphatic heterocycles. The first-order valence-corrected chi connectivity index (χ1v) is 5.56. The second kappa shape index (κ2) is 4.79. The molecule has 2 N–H and O–H groups in total. The van der Waals surface area contributed by atoms with Gasteiger partial charge in [0.25, 0.3) is 5.91 Å². The van der Waals surface area contributed by atoms with Gasteiger partial charge in [0.15, 0.2) is 0 Å². The van der Waals surface area contributed by atoms with Crippen molar-refractivity contribution in [1.82, 2.24) is 24.8 Å². The van der Waals surface area contributed by atoms with Crippen LogP contribution in [0, 0.1) is 0 Å². The Morgan fingerprint density at radius 3 is 3.19 bits per heavy atom. The number of aromatic nitrogens is 5. The van der Waals surface area contributed by atoms with Crippen molar-refractivity contribution < 1.29 is 4.79 Å². The second-order valence-corrected chi connectivity index (χ2v) is 3.84. The lowest BCUT2D eigenvalue weighted by molar-refractivity contribution is 0.102. The molecule has 0 unspecified atom stereocenters. The van der Waals surface area contributed by atoms with Gasteiger partial charge in [-0.25, -0.2) is 5.10 Å². The van der Waals surface area contributed by atoms with E-state index >= 15 is 0 Å². The van der Waals surface area contributed by atoms with E-state index in [0.717, 1.165) is 30.1 Å². The van der Waals surface area contributed by atoms with Crippen LogP contribution in [0.4, 0.5) is 5.95 Å². The largest absolute Gasteiger partial charge is 0.290 e. The molecule has 0 saturated heterocycles. The van der Waals surface area contributed by atoms with Crippen molar-refractivity contribution in [1.29, 1.82) is 0 Å². The molecular formula is C8H10N6OS. The van der Waals surface area contributed by atoms with E-state index in [0.29, 0.717) is 10.8 Å². The predicted octanol–water partition coefficient (Wildman–Crippen LogP) is 0.861. The van der Waals surface area contributed by atoms with Crippen LogP contribution in [0.25, 0.3) is 0 Å². The number of amides is 1. The van der Waals surface area contributed by atoms with Gasteiger partial charge in [-0.15, -0.1) is 5.10 Å². The number of H-pyrrole nitrogens is 1. The van der Waals surface area contributed by atoms with Crippen LogP contribution < -0.4 is 5.32 Å². The van der Waals surface area contributed by atoms with E-state index in [9.17, 15) is 4.79 Å². The monoisotopic (exact) mass is 238 g/mol. The van der Waals surface area contributed by atoms with E-state index in [1.165, 1.54) is 6.33 Å². The Morgan fingerprint density at radius 1 is 1.62 bits per heavy atom. The summed E-state index contributed by atoms with van der Waals surface area (Å²) < 4.78 is 3.78. The van der Waals surface area contributed by atoms with Crippen LogP contribution in [-0.4, -0.2) is 30.7 Å². The van der Waals surface area contributed by atoms with Crippen molar-refractivity contribution in [3.05, 3.63) is 16.9 Å². The zero-order valence-corrected chi connectivity index (χ0v) is 9.41. The Hall–Kier alpha value is -1.83. The molecule has 0 radical (unpaired) electrons. The quantitative estimate of drug-likeness (QED) is 0.823. The molecule has 7 nitrogen and oxygen atoms in total. The molecule has 1 amide bonds. The Morgan fingerprint density at radius 2 is 2.50 bits per heavy atom.